The van der Waals surface area contributed by atoms with Crippen LogP contribution in [0.2, 0.25) is 3.86 Å². The summed E-state index contributed by atoms with van der Waals surface area (Å²) in [5, 5.41) is 0. The Morgan fingerprint density at radius 2 is 1.96 bits per heavy atom. The molecule has 0 aliphatic carbocycles. The number of carbonyl (C=O) groups is 1. The second kappa shape index (κ2) is 8.24. The van der Waals surface area contributed by atoms with E-state index < -0.39 is 5.91 Å². The molecule has 0 bridgehead atoms. The summed E-state index contributed by atoms with van der Waals surface area (Å²) in [5.41, 5.74) is 13.3. The minimum Gasteiger partial charge on any atom is -0.487 e. The van der Waals surface area contributed by atoms with Crippen LogP contribution in [0.25, 0.3) is 5.52 Å². The van der Waals surface area contributed by atoms with Gasteiger partial charge in [0.2, 0.25) is 0 Å². The zero-order chi connectivity index (χ0) is 19.6. The van der Waals surface area contributed by atoms with Crippen LogP contribution in [0.3, 0.4) is 0 Å². The zero-order valence-corrected chi connectivity index (χ0v) is 17.7. The number of carbonyl (C=O) groups excluding carboxylic acids is 1. The number of hydrogen-bond acceptors (Lipinski definition) is 3. The smallest absolute Gasteiger partial charge is 0.265 e. The Kier molecular flexibility index (Phi) is 5.97. The number of pyridine rings is 1. The number of aromatic nitrogens is 1. The third-order valence-corrected chi connectivity index (χ3v) is 7.28. The Morgan fingerprint density at radius 3 is 2.56 bits per heavy atom. The van der Waals surface area contributed by atoms with Gasteiger partial charge in [0.05, 0.1) is 6.20 Å². The maximum Gasteiger partial charge on any atom is 0.265 e. The van der Waals surface area contributed by atoms with E-state index in [9.17, 15) is 9.18 Å². The van der Waals surface area contributed by atoms with Crippen molar-refractivity contribution in [2.24, 2.45) is 11.5 Å². The second-order valence-electron chi connectivity index (χ2n) is 6.31. The van der Waals surface area contributed by atoms with Gasteiger partial charge < -0.3 is 14.9 Å². The molecule has 4 N–H and O–H groups in total. The maximum absolute atomic E-state index is 13.6. The van der Waals surface area contributed by atoms with Crippen LogP contribution in [-0.4, -0.2) is 35.0 Å². The standard InChI is InChI=1S/C17H15FN2O2.C3H6N.Sb/c1-11-8-13-6-7-14(9-20(13)16(11)17(19)21)22-10-12-4-2-3-5-15(12)18;1-2-3-4;/h2-9H,10H2,1H3,(H2,19,21);2H,4H2,1H3;. The van der Waals surface area contributed by atoms with Gasteiger partial charge in [-0.15, -0.1) is 0 Å². The number of nitrogens with two attached hydrogens (primary N) is 2. The molecular formula is C20H21FN3O2Sb. The summed E-state index contributed by atoms with van der Waals surface area (Å²) in [4.78, 5) is 11.5. The van der Waals surface area contributed by atoms with Crippen LogP contribution in [-0.2, 0) is 6.61 Å². The van der Waals surface area contributed by atoms with Gasteiger partial charge in [0.25, 0.3) is 5.91 Å². The van der Waals surface area contributed by atoms with Crippen LogP contribution in [0.15, 0.2) is 48.7 Å². The first kappa shape index (κ1) is 19.6. The number of aryl methyl sites for hydroxylation is 1. The Bertz CT molecular complexity index is 1030. The molecule has 27 heavy (non-hydrogen) atoms. The first-order valence-corrected chi connectivity index (χ1v) is 11.2. The summed E-state index contributed by atoms with van der Waals surface area (Å²) >= 11 is 0.133. The molecule has 0 saturated heterocycles. The molecule has 0 saturated carbocycles. The predicted molar refractivity (Wildman–Crippen MR) is 106 cm³/mol. The van der Waals surface area contributed by atoms with Crippen molar-refractivity contribution in [3.63, 3.8) is 0 Å². The van der Waals surface area contributed by atoms with Gasteiger partial charge in [-0.3, -0.25) is 4.79 Å². The largest absolute Gasteiger partial charge is 0.487 e. The van der Waals surface area contributed by atoms with E-state index in [0.717, 1.165) is 14.9 Å². The maximum atomic E-state index is 13.6. The summed E-state index contributed by atoms with van der Waals surface area (Å²) in [5.74, 6) is -0.268. The van der Waals surface area contributed by atoms with Crippen molar-refractivity contribution in [2.45, 2.75) is 24.3 Å². The van der Waals surface area contributed by atoms with Crippen molar-refractivity contribution in [3.8, 4) is 5.75 Å². The van der Waals surface area contributed by atoms with Gasteiger partial charge in [0.15, 0.2) is 0 Å². The number of benzene rings is 1. The molecule has 1 unspecified atom stereocenters. The fraction of sp³-hybridized carbons (Fsp3) is 0.200. The quantitative estimate of drug-likeness (QED) is 0.569. The molecular weight excluding hydrogens is 455 g/mol. The van der Waals surface area contributed by atoms with Gasteiger partial charge >= 0.3 is 41.2 Å². The van der Waals surface area contributed by atoms with Crippen molar-refractivity contribution in [1.29, 1.82) is 0 Å². The number of hydrogen-bond donors (Lipinski definition) is 2. The van der Waals surface area contributed by atoms with Gasteiger partial charge in [-0.2, -0.15) is 0 Å². The van der Waals surface area contributed by atoms with E-state index in [0.29, 0.717) is 17.0 Å². The fourth-order valence-electron chi connectivity index (χ4n) is 2.65. The third kappa shape index (κ3) is 4.76. The van der Waals surface area contributed by atoms with E-state index >= 15 is 0 Å². The number of rotatable bonds is 4. The first-order chi connectivity index (χ1) is 12.9. The van der Waals surface area contributed by atoms with Crippen molar-refractivity contribution < 1.29 is 13.9 Å². The Labute approximate surface area is 167 Å². The minimum absolute atomic E-state index is 0.115. The summed E-state index contributed by atoms with van der Waals surface area (Å²) in [6.07, 6.45) is 1.68. The molecule has 1 aliphatic rings. The molecule has 4 rings (SSSR count). The van der Waals surface area contributed by atoms with Crippen molar-refractivity contribution in [1.82, 2.24) is 4.40 Å². The molecule has 0 spiro atoms. The van der Waals surface area contributed by atoms with Gasteiger partial charge in [-0.1, -0.05) is 18.2 Å². The molecule has 0 radical (unpaired) electrons. The third-order valence-electron chi connectivity index (χ3n) is 4.22. The molecule has 7 heteroatoms. The van der Waals surface area contributed by atoms with Crippen molar-refractivity contribution >= 4 is 36.1 Å². The summed E-state index contributed by atoms with van der Waals surface area (Å²) in [7, 11) is 0. The average molecular weight is 476 g/mol. The number of halogens is 1. The van der Waals surface area contributed by atoms with Crippen LogP contribution in [0, 0.1) is 12.7 Å². The monoisotopic (exact) mass is 475 g/mol. The first-order valence-electron chi connectivity index (χ1n) is 8.47. The Hall–Kier alpha value is -2.17. The fourth-order valence-corrected chi connectivity index (χ4v) is 3.71. The normalized spacial score (nSPS) is 15.0. The predicted octanol–water partition coefficient (Wildman–Crippen LogP) is 2.67. The van der Waals surface area contributed by atoms with Gasteiger partial charge in [-0.25, -0.2) is 4.39 Å². The average Bonchev–Trinajstić information content (AvgIpc) is 3.15. The van der Waals surface area contributed by atoms with Crippen LogP contribution < -0.4 is 16.2 Å². The van der Waals surface area contributed by atoms with Crippen LogP contribution in [0.1, 0.15) is 28.5 Å². The molecule has 1 atom stereocenters. The molecule has 2 aromatic heterocycles. The van der Waals surface area contributed by atoms with E-state index in [4.69, 9.17) is 16.2 Å². The molecule has 5 nitrogen and oxygen atoms in total. The van der Waals surface area contributed by atoms with E-state index in [2.05, 4.69) is 6.92 Å². The van der Waals surface area contributed by atoms with E-state index in [1.54, 1.807) is 34.9 Å². The molecule has 1 aromatic carbocycles. The molecule has 3 aromatic rings. The Balaban J connectivity index is 0.000000364. The van der Waals surface area contributed by atoms with E-state index in [-0.39, 0.29) is 33.6 Å². The van der Waals surface area contributed by atoms with Crippen molar-refractivity contribution in [2.75, 3.05) is 0 Å². The zero-order valence-electron chi connectivity index (χ0n) is 15.1. The summed E-state index contributed by atoms with van der Waals surface area (Å²) in [6, 6.07) is 11.9. The van der Waals surface area contributed by atoms with Crippen LogP contribution >= 0.6 is 0 Å². The number of amides is 1. The molecule has 1 aliphatic heterocycles. The summed E-state index contributed by atoms with van der Waals surface area (Å²) in [6.45, 7) is 4.14. The van der Waals surface area contributed by atoms with Crippen LogP contribution in [0.4, 0.5) is 4.39 Å². The van der Waals surface area contributed by atoms with E-state index in [1.807, 2.05) is 19.1 Å². The Morgan fingerprint density at radius 1 is 1.30 bits per heavy atom. The second-order valence-corrected chi connectivity index (χ2v) is 10.7. The van der Waals surface area contributed by atoms with Gasteiger partial charge in [0, 0.05) is 11.1 Å². The number of ether oxygens (including phenoxy) is 1. The van der Waals surface area contributed by atoms with Gasteiger partial charge in [-0.05, 0) is 36.8 Å². The molecule has 140 valence electrons. The molecule has 1 amide bonds. The minimum atomic E-state index is -0.497. The topological polar surface area (TPSA) is 82.8 Å². The van der Waals surface area contributed by atoms with Crippen molar-refractivity contribution in [3.05, 3.63) is 71.3 Å². The van der Waals surface area contributed by atoms with E-state index in [1.165, 1.54) is 9.64 Å². The number of fused-ring (bicyclic) bond motifs is 1. The number of primary amides is 1. The molecule has 3 heterocycles. The van der Waals surface area contributed by atoms with Gasteiger partial charge in [0.1, 0.15) is 23.9 Å². The number of nitrogens with zero attached hydrogens (tertiary/aromatic N) is 1. The SMILES string of the molecule is C[CH]1[Sb]=[C]1N.Cc1cc2ccc(OCc3ccccc3F)cn2c1C(N)=O. The molecule has 0 fully saturated rings. The van der Waals surface area contributed by atoms with Crippen LogP contribution in [0.5, 0.6) is 5.75 Å². The summed E-state index contributed by atoms with van der Waals surface area (Å²) < 4.78 is 23.1.